The van der Waals surface area contributed by atoms with Gasteiger partial charge in [0.05, 0.1) is 14.2 Å². The first-order valence-electron chi connectivity index (χ1n) is 5.92. The van der Waals surface area contributed by atoms with Crippen LogP contribution in [-0.4, -0.2) is 14.2 Å². The lowest BCUT2D eigenvalue weighted by atomic mass is 10.2. The van der Waals surface area contributed by atoms with E-state index in [1.54, 1.807) is 14.2 Å². The van der Waals surface area contributed by atoms with Crippen LogP contribution in [0.2, 0.25) is 5.02 Å². The van der Waals surface area contributed by atoms with Crippen molar-refractivity contribution >= 4 is 17.3 Å². The van der Waals surface area contributed by atoms with E-state index in [0.29, 0.717) is 6.54 Å². The van der Waals surface area contributed by atoms with E-state index in [-0.39, 0.29) is 0 Å². The van der Waals surface area contributed by atoms with Crippen LogP contribution in [0.15, 0.2) is 42.5 Å². The molecule has 0 unspecified atom stereocenters. The van der Waals surface area contributed by atoms with Gasteiger partial charge in [-0.05, 0) is 42.0 Å². The van der Waals surface area contributed by atoms with Crippen LogP contribution in [0.25, 0.3) is 0 Å². The van der Waals surface area contributed by atoms with Crippen LogP contribution in [0, 0.1) is 0 Å². The normalized spacial score (nSPS) is 10.1. The zero-order valence-corrected chi connectivity index (χ0v) is 11.7. The molecule has 0 saturated carbocycles. The van der Waals surface area contributed by atoms with E-state index in [0.717, 1.165) is 27.8 Å². The Labute approximate surface area is 118 Å². The highest BCUT2D eigenvalue weighted by atomic mass is 35.5. The predicted molar refractivity (Wildman–Crippen MR) is 78.3 cm³/mol. The third kappa shape index (κ3) is 3.80. The maximum absolute atomic E-state index is 5.85. The summed E-state index contributed by atoms with van der Waals surface area (Å²) in [6, 6.07) is 13.4. The van der Waals surface area contributed by atoms with Gasteiger partial charge in [-0.2, -0.15) is 0 Å². The Balaban J connectivity index is 2.08. The zero-order valence-electron chi connectivity index (χ0n) is 10.9. The molecule has 0 saturated heterocycles. The van der Waals surface area contributed by atoms with E-state index in [1.165, 1.54) is 0 Å². The fourth-order valence-electron chi connectivity index (χ4n) is 1.74. The first-order chi connectivity index (χ1) is 9.21. The molecule has 0 spiro atoms. The Hall–Kier alpha value is -1.87. The summed E-state index contributed by atoms with van der Waals surface area (Å²) in [5, 5.41) is 4.05. The second-order valence-electron chi connectivity index (χ2n) is 4.08. The Kier molecular flexibility index (Phi) is 4.53. The van der Waals surface area contributed by atoms with E-state index in [2.05, 4.69) is 5.32 Å². The van der Waals surface area contributed by atoms with Gasteiger partial charge in [0.2, 0.25) is 0 Å². The number of halogens is 1. The molecule has 0 heterocycles. The molecular weight excluding hydrogens is 262 g/mol. The van der Waals surface area contributed by atoms with Crippen LogP contribution in [0.3, 0.4) is 0 Å². The van der Waals surface area contributed by atoms with Crippen molar-refractivity contribution in [3.63, 3.8) is 0 Å². The van der Waals surface area contributed by atoms with Crippen molar-refractivity contribution in [3.8, 4) is 11.5 Å². The average molecular weight is 278 g/mol. The van der Waals surface area contributed by atoms with Gasteiger partial charge in [0.1, 0.15) is 11.5 Å². The maximum atomic E-state index is 5.85. The largest absolute Gasteiger partial charge is 0.497 e. The van der Waals surface area contributed by atoms with Crippen LogP contribution in [-0.2, 0) is 6.54 Å². The molecule has 4 heteroatoms. The van der Waals surface area contributed by atoms with E-state index < -0.39 is 0 Å². The van der Waals surface area contributed by atoms with E-state index in [1.807, 2.05) is 42.5 Å². The van der Waals surface area contributed by atoms with Crippen molar-refractivity contribution in [1.82, 2.24) is 0 Å². The summed E-state index contributed by atoms with van der Waals surface area (Å²) in [5.74, 6) is 1.57. The Bertz CT molecular complexity index is 518. The van der Waals surface area contributed by atoms with E-state index >= 15 is 0 Å². The van der Waals surface area contributed by atoms with Gasteiger partial charge in [-0.25, -0.2) is 0 Å². The first-order valence-corrected chi connectivity index (χ1v) is 6.30. The number of anilines is 1. The van der Waals surface area contributed by atoms with Crippen LogP contribution >= 0.6 is 11.6 Å². The minimum Gasteiger partial charge on any atom is -0.497 e. The van der Waals surface area contributed by atoms with Gasteiger partial charge in [0.15, 0.2) is 0 Å². The molecular formula is C15H16ClNO2. The third-order valence-corrected chi connectivity index (χ3v) is 3.00. The number of benzene rings is 2. The SMILES string of the molecule is COc1cc(CNc2ccc(Cl)cc2)cc(OC)c1. The molecule has 0 aliphatic rings. The number of nitrogens with one attached hydrogen (secondary N) is 1. The Morgan fingerprint density at radius 1 is 0.947 bits per heavy atom. The smallest absolute Gasteiger partial charge is 0.122 e. The molecule has 0 radical (unpaired) electrons. The molecule has 0 aliphatic heterocycles. The average Bonchev–Trinajstić information content (AvgIpc) is 2.46. The van der Waals surface area contributed by atoms with Gasteiger partial charge in [0, 0.05) is 23.3 Å². The van der Waals surface area contributed by atoms with Crippen molar-refractivity contribution in [1.29, 1.82) is 0 Å². The summed E-state index contributed by atoms with van der Waals surface area (Å²) in [4.78, 5) is 0. The van der Waals surface area contributed by atoms with Crippen molar-refractivity contribution < 1.29 is 9.47 Å². The van der Waals surface area contributed by atoms with Crippen molar-refractivity contribution in [3.05, 3.63) is 53.1 Å². The number of rotatable bonds is 5. The molecule has 2 rings (SSSR count). The Morgan fingerprint density at radius 2 is 1.53 bits per heavy atom. The fraction of sp³-hybridized carbons (Fsp3) is 0.200. The maximum Gasteiger partial charge on any atom is 0.122 e. The van der Waals surface area contributed by atoms with E-state index in [4.69, 9.17) is 21.1 Å². The van der Waals surface area contributed by atoms with E-state index in [9.17, 15) is 0 Å². The number of methoxy groups -OCH3 is 2. The summed E-state index contributed by atoms with van der Waals surface area (Å²) in [5.41, 5.74) is 2.11. The van der Waals surface area contributed by atoms with Crippen LogP contribution < -0.4 is 14.8 Å². The number of hydrogen-bond donors (Lipinski definition) is 1. The second-order valence-corrected chi connectivity index (χ2v) is 4.52. The molecule has 0 fully saturated rings. The van der Waals surface area contributed by atoms with Crippen molar-refractivity contribution in [2.24, 2.45) is 0 Å². The van der Waals surface area contributed by atoms with Gasteiger partial charge in [0.25, 0.3) is 0 Å². The second kappa shape index (κ2) is 6.34. The Morgan fingerprint density at radius 3 is 2.05 bits per heavy atom. The summed E-state index contributed by atoms with van der Waals surface area (Å²) in [7, 11) is 3.29. The summed E-state index contributed by atoms with van der Waals surface area (Å²) in [6.07, 6.45) is 0. The molecule has 0 aromatic heterocycles. The molecule has 19 heavy (non-hydrogen) atoms. The van der Waals surface area contributed by atoms with Crippen LogP contribution in [0.4, 0.5) is 5.69 Å². The van der Waals surface area contributed by atoms with Gasteiger partial charge < -0.3 is 14.8 Å². The molecule has 100 valence electrons. The fourth-order valence-corrected chi connectivity index (χ4v) is 1.87. The lowest BCUT2D eigenvalue weighted by Gasteiger charge is -2.10. The lowest BCUT2D eigenvalue weighted by molar-refractivity contribution is 0.393. The molecule has 0 atom stereocenters. The molecule has 1 N–H and O–H groups in total. The molecule has 0 amide bonds. The summed E-state index contributed by atoms with van der Waals surface area (Å²) < 4.78 is 10.5. The number of hydrogen-bond acceptors (Lipinski definition) is 3. The van der Waals surface area contributed by atoms with Crippen molar-refractivity contribution in [2.75, 3.05) is 19.5 Å². The topological polar surface area (TPSA) is 30.5 Å². The zero-order chi connectivity index (χ0) is 13.7. The highest BCUT2D eigenvalue weighted by Crippen LogP contribution is 2.23. The minimum atomic E-state index is 0.690. The highest BCUT2D eigenvalue weighted by molar-refractivity contribution is 6.30. The number of ether oxygens (including phenoxy) is 2. The molecule has 2 aromatic carbocycles. The van der Waals surface area contributed by atoms with Crippen LogP contribution in [0.1, 0.15) is 5.56 Å². The molecule has 2 aromatic rings. The molecule has 0 aliphatic carbocycles. The highest BCUT2D eigenvalue weighted by Gasteiger charge is 2.02. The molecule has 3 nitrogen and oxygen atoms in total. The molecule has 0 bridgehead atoms. The summed E-state index contributed by atoms with van der Waals surface area (Å²) in [6.45, 7) is 0.690. The third-order valence-electron chi connectivity index (χ3n) is 2.75. The van der Waals surface area contributed by atoms with Gasteiger partial charge >= 0.3 is 0 Å². The summed E-state index contributed by atoms with van der Waals surface area (Å²) >= 11 is 5.85. The quantitative estimate of drug-likeness (QED) is 0.897. The van der Waals surface area contributed by atoms with Gasteiger partial charge in [-0.1, -0.05) is 11.6 Å². The van der Waals surface area contributed by atoms with Crippen molar-refractivity contribution in [2.45, 2.75) is 6.54 Å². The minimum absolute atomic E-state index is 0.690. The standard InChI is InChI=1S/C15H16ClNO2/c1-18-14-7-11(8-15(9-14)19-2)10-17-13-5-3-12(16)4-6-13/h3-9,17H,10H2,1-2H3. The first kappa shape index (κ1) is 13.6. The van der Waals surface area contributed by atoms with Gasteiger partial charge in [-0.3, -0.25) is 0 Å². The predicted octanol–water partition coefficient (Wildman–Crippen LogP) is 3.97. The van der Waals surface area contributed by atoms with Gasteiger partial charge in [-0.15, -0.1) is 0 Å². The monoisotopic (exact) mass is 277 g/mol. The lowest BCUT2D eigenvalue weighted by Crippen LogP contribution is -2.00. The van der Waals surface area contributed by atoms with Crippen LogP contribution in [0.5, 0.6) is 11.5 Å².